The van der Waals surface area contributed by atoms with Gasteiger partial charge in [0, 0.05) is 29.4 Å². The third kappa shape index (κ3) is 5.70. The molecule has 1 heterocycles. The van der Waals surface area contributed by atoms with Crippen molar-refractivity contribution in [2.24, 2.45) is 5.41 Å². The van der Waals surface area contributed by atoms with Crippen molar-refractivity contribution < 1.29 is 23.1 Å². The molecule has 1 aliphatic heterocycles. The Morgan fingerprint density at radius 2 is 1.97 bits per heavy atom. The largest absolute Gasteiger partial charge is 0.478 e. The highest BCUT2D eigenvalue weighted by molar-refractivity contribution is 7.98. The van der Waals surface area contributed by atoms with Crippen LogP contribution in [0.25, 0.3) is 0 Å². The van der Waals surface area contributed by atoms with E-state index in [4.69, 9.17) is 15.6 Å². The SMILES string of the molecule is CCCCC1(CC)CN(c2ccc(N)cc2)c2cc(SC)c(O/C=C/C(=O)O)cc2S(=O)(=O)C1. The first-order chi connectivity index (χ1) is 16.1. The third-order valence-corrected chi connectivity index (χ3v) is 9.03. The molecule has 0 radical (unpaired) electrons. The highest BCUT2D eigenvalue weighted by Crippen LogP contribution is 2.47. The molecule has 0 aliphatic carbocycles. The fourth-order valence-electron chi connectivity index (χ4n) is 4.33. The van der Waals surface area contributed by atoms with E-state index in [0.717, 1.165) is 43.7 Å². The molecule has 0 saturated carbocycles. The summed E-state index contributed by atoms with van der Waals surface area (Å²) in [6.45, 7) is 4.73. The maximum Gasteiger partial charge on any atom is 0.331 e. The standard InChI is InChI=1S/C25H32N2O5S2/c1-4-6-12-25(5-2)16-27(19-9-7-18(26)8-10-19)20-14-22(33-3)21(32-13-11-24(28)29)15-23(20)34(30,31)17-25/h7-11,13-15H,4-6,12,16-17,26H2,1-3H3,(H,28,29)/b13-11+. The number of nitrogen functional groups attached to an aromatic ring is 1. The van der Waals surface area contributed by atoms with Crippen molar-refractivity contribution in [1.29, 1.82) is 0 Å². The summed E-state index contributed by atoms with van der Waals surface area (Å²) in [6.07, 6.45) is 7.26. The number of unbranched alkanes of at least 4 members (excludes halogenated alkanes) is 1. The Morgan fingerprint density at radius 1 is 1.26 bits per heavy atom. The normalized spacial score (nSPS) is 19.6. The zero-order chi connectivity index (χ0) is 24.9. The molecule has 184 valence electrons. The number of fused-ring (bicyclic) bond motifs is 1. The van der Waals surface area contributed by atoms with Gasteiger partial charge in [-0.25, -0.2) is 13.2 Å². The van der Waals surface area contributed by atoms with Crippen LogP contribution in [0.3, 0.4) is 0 Å². The molecule has 3 N–H and O–H groups in total. The number of nitrogens with zero attached hydrogens (tertiary/aromatic N) is 1. The van der Waals surface area contributed by atoms with Gasteiger partial charge in [0.25, 0.3) is 0 Å². The predicted octanol–water partition coefficient (Wildman–Crippen LogP) is 5.48. The van der Waals surface area contributed by atoms with Crippen LogP contribution in [0.5, 0.6) is 5.75 Å². The first-order valence-corrected chi connectivity index (χ1v) is 14.2. The van der Waals surface area contributed by atoms with Gasteiger partial charge in [0.15, 0.2) is 9.84 Å². The van der Waals surface area contributed by atoms with E-state index in [1.165, 1.54) is 17.8 Å². The van der Waals surface area contributed by atoms with Gasteiger partial charge in [-0.1, -0.05) is 26.7 Å². The number of carbonyl (C=O) groups is 1. The van der Waals surface area contributed by atoms with Gasteiger partial charge >= 0.3 is 5.97 Å². The second-order valence-electron chi connectivity index (χ2n) is 8.62. The van der Waals surface area contributed by atoms with Crippen molar-refractivity contribution >= 4 is 44.6 Å². The third-order valence-electron chi connectivity index (χ3n) is 6.28. The van der Waals surface area contributed by atoms with E-state index in [-0.39, 0.29) is 10.6 Å². The number of aliphatic carboxylic acids is 1. The minimum Gasteiger partial charge on any atom is -0.478 e. The average molecular weight is 505 g/mol. The number of carboxylic acid groups (broad SMARTS) is 1. The Morgan fingerprint density at radius 3 is 2.56 bits per heavy atom. The lowest BCUT2D eigenvalue weighted by Gasteiger charge is -2.36. The van der Waals surface area contributed by atoms with Gasteiger partial charge in [0.2, 0.25) is 0 Å². The highest BCUT2D eigenvalue weighted by atomic mass is 32.2. The summed E-state index contributed by atoms with van der Waals surface area (Å²) in [5, 5.41) is 8.88. The molecule has 7 nitrogen and oxygen atoms in total. The molecular weight excluding hydrogens is 472 g/mol. The van der Waals surface area contributed by atoms with E-state index in [9.17, 15) is 13.2 Å². The number of carboxylic acids is 1. The number of hydrogen-bond donors (Lipinski definition) is 2. The Kier molecular flexibility index (Phi) is 8.20. The van der Waals surface area contributed by atoms with E-state index in [2.05, 4.69) is 18.7 Å². The Bertz CT molecular complexity index is 1160. The van der Waals surface area contributed by atoms with Gasteiger partial charge < -0.3 is 20.5 Å². The highest BCUT2D eigenvalue weighted by Gasteiger charge is 2.41. The predicted molar refractivity (Wildman–Crippen MR) is 138 cm³/mol. The van der Waals surface area contributed by atoms with Gasteiger partial charge in [-0.2, -0.15) is 0 Å². The molecule has 1 unspecified atom stereocenters. The van der Waals surface area contributed by atoms with Crippen molar-refractivity contribution in [2.45, 2.75) is 49.3 Å². The fourth-order valence-corrected chi connectivity index (χ4v) is 7.05. The molecule has 0 saturated heterocycles. The first kappa shape index (κ1) is 26.0. The van der Waals surface area contributed by atoms with Gasteiger partial charge in [-0.15, -0.1) is 11.8 Å². The summed E-state index contributed by atoms with van der Waals surface area (Å²) in [6, 6.07) is 10.8. The molecular formula is C25H32N2O5S2. The van der Waals surface area contributed by atoms with Gasteiger partial charge in [-0.3, -0.25) is 0 Å². The van der Waals surface area contributed by atoms with Crippen LogP contribution in [0.4, 0.5) is 17.1 Å². The number of rotatable bonds is 9. The summed E-state index contributed by atoms with van der Waals surface area (Å²) in [4.78, 5) is 13.8. The van der Waals surface area contributed by atoms with Crippen molar-refractivity contribution in [1.82, 2.24) is 0 Å². The number of sulfone groups is 1. The van der Waals surface area contributed by atoms with Gasteiger partial charge in [-0.05, 0) is 49.4 Å². The zero-order valence-corrected chi connectivity index (χ0v) is 21.4. The van der Waals surface area contributed by atoms with E-state index in [1.54, 1.807) is 0 Å². The molecule has 3 rings (SSSR count). The van der Waals surface area contributed by atoms with Gasteiger partial charge in [0.1, 0.15) is 5.75 Å². The molecule has 34 heavy (non-hydrogen) atoms. The molecule has 0 spiro atoms. The van der Waals surface area contributed by atoms with E-state index < -0.39 is 21.2 Å². The molecule has 2 aromatic rings. The van der Waals surface area contributed by atoms with Crippen molar-refractivity contribution in [3.05, 3.63) is 48.7 Å². The molecule has 0 bridgehead atoms. The van der Waals surface area contributed by atoms with Crippen LogP contribution in [-0.2, 0) is 14.6 Å². The minimum absolute atomic E-state index is 0.0397. The maximum atomic E-state index is 13.8. The maximum absolute atomic E-state index is 13.8. The molecule has 0 fully saturated rings. The summed E-state index contributed by atoms with van der Waals surface area (Å²) in [5.41, 5.74) is 7.60. The lowest BCUT2D eigenvalue weighted by atomic mass is 9.81. The van der Waals surface area contributed by atoms with Crippen LogP contribution in [0.2, 0.25) is 0 Å². The van der Waals surface area contributed by atoms with Crippen LogP contribution >= 0.6 is 11.8 Å². The number of benzene rings is 2. The molecule has 1 atom stereocenters. The van der Waals surface area contributed by atoms with Crippen molar-refractivity contribution in [3.63, 3.8) is 0 Å². The number of hydrogen-bond acceptors (Lipinski definition) is 7. The average Bonchev–Trinajstić information content (AvgIpc) is 2.90. The van der Waals surface area contributed by atoms with Crippen LogP contribution in [-0.4, -0.2) is 38.0 Å². The summed E-state index contributed by atoms with van der Waals surface area (Å²) in [7, 11) is -3.66. The molecule has 0 amide bonds. The fraction of sp³-hybridized carbons (Fsp3) is 0.400. The Balaban J connectivity index is 2.24. The van der Waals surface area contributed by atoms with Crippen molar-refractivity contribution in [3.8, 4) is 5.75 Å². The van der Waals surface area contributed by atoms with E-state index in [1.807, 2.05) is 36.6 Å². The van der Waals surface area contributed by atoms with Crippen LogP contribution in [0.1, 0.15) is 39.5 Å². The smallest absolute Gasteiger partial charge is 0.331 e. The number of anilines is 3. The van der Waals surface area contributed by atoms with E-state index >= 15 is 0 Å². The first-order valence-electron chi connectivity index (χ1n) is 11.3. The quantitative estimate of drug-likeness (QED) is 0.200. The van der Waals surface area contributed by atoms with Crippen molar-refractivity contribution in [2.75, 3.05) is 29.2 Å². The minimum atomic E-state index is -3.66. The Hall–Kier alpha value is -2.65. The molecule has 1 aliphatic rings. The topological polar surface area (TPSA) is 110 Å². The lowest BCUT2D eigenvalue weighted by Crippen LogP contribution is -2.37. The second-order valence-corrected chi connectivity index (χ2v) is 11.4. The lowest BCUT2D eigenvalue weighted by molar-refractivity contribution is -0.131. The summed E-state index contributed by atoms with van der Waals surface area (Å²) < 4.78 is 33.1. The number of ether oxygens (including phenoxy) is 1. The van der Waals surface area contributed by atoms with Crippen LogP contribution in [0.15, 0.2) is 58.5 Å². The summed E-state index contributed by atoms with van der Waals surface area (Å²) >= 11 is 1.41. The summed E-state index contributed by atoms with van der Waals surface area (Å²) in [5.74, 6) is -0.800. The van der Waals surface area contributed by atoms with Gasteiger partial charge in [0.05, 0.1) is 33.6 Å². The molecule has 2 aromatic carbocycles. The molecule has 9 heteroatoms. The van der Waals surface area contributed by atoms with E-state index in [0.29, 0.717) is 28.6 Å². The molecule has 0 aromatic heterocycles. The zero-order valence-electron chi connectivity index (χ0n) is 19.8. The number of nitrogens with two attached hydrogens (primary N) is 1. The number of thioether (sulfide) groups is 1. The van der Waals surface area contributed by atoms with Crippen LogP contribution in [0, 0.1) is 5.41 Å². The second kappa shape index (κ2) is 10.7. The van der Waals surface area contributed by atoms with Crippen LogP contribution < -0.4 is 15.4 Å². The Labute approximate surface area is 205 Å². The monoisotopic (exact) mass is 504 g/mol.